The second-order valence-corrected chi connectivity index (χ2v) is 4.08. The van der Waals surface area contributed by atoms with E-state index in [1.165, 1.54) is 0 Å². The van der Waals surface area contributed by atoms with E-state index in [0.29, 0.717) is 13.2 Å². The van der Waals surface area contributed by atoms with Crippen molar-refractivity contribution in [2.75, 3.05) is 13.2 Å². The minimum atomic E-state index is 0.0382. The number of hydrogen-bond acceptors (Lipinski definition) is 2. The van der Waals surface area contributed by atoms with Crippen molar-refractivity contribution in [1.82, 2.24) is 0 Å². The Morgan fingerprint density at radius 2 is 2.00 bits per heavy atom. The molecule has 1 N–H and O–H groups in total. The number of ether oxygens (including phenoxy) is 1. The fourth-order valence-electron chi connectivity index (χ4n) is 0.932. The Bertz CT molecular complexity index is 226. The summed E-state index contributed by atoms with van der Waals surface area (Å²) in [5.74, 6) is 0. The van der Waals surface area contributed by atoms with Crippen LogP contribution in [-0.2, 0) is 11.3 Å². The number of hydrogen-bond donors (Lipinski definition) is 1. The van der Waals surface area contributed by atoms with Crippen molar-refractivity contribution in [1.29, 1.82) is 0 Å². The van der Waals surface area contributed by atoms with Crippen molar-refractivity contribution in [3.63, 3.8) is 0 Å². The van der Waals surface area contributed by atoms with Gasteiger partial charge in [0.1, 0.15) is 0 Å². The predicted molar refractivity (Wildman–Crippen MR) is 55.9 cm³/mol. The second-order valence-electron chi connectivity index (χ2n) is 2.78. The van der Waals surface area contributed by atoms with Crippen molar-refractivity contribution in [3.05, 3.63) is 35.9 Å². The Morgan fingerprint density at radius 3 is 2.62 bits per heavy atom. The van der Waals surface area contributed by atoms with Gasteiger partial charge in [0.15, 0.2) is 0 Å². The smallest absolute Gasteiger partial charge is 0.0717 e. The predicted octanol–water partition coefficient (Wildman–Crippen LogP) is 1.96. The monoisotopic (exact) mass is 244 g/mol. The lowest BCUT2D eigenvalue weighted by Crippen LogP contribution is -2.12. The van der Waals surface area contributed by atoms with Gasteiger partial charge in [-0.3, -0.25) is 0 Å². The zero-order valence-electron chi connectivity index (χ0n) is 7.32. The van der Waals surface area contributed by atoms with Crippen molar-refractivity contribution in [2.45, 2.75) is 11.4 Å². The van der Waals surface area contributed by atoms with Crippen LogP contribution < -0.4 is 0 Å². The summed E-state index contributed by atoms with van der Waals surface area (Å²) in [5, 5.41) is 8.71. The number of aliphatic hydroxyl groups is 1. The van der Waals surface area contributed by atoms with Crippen LogP contribution in [0.15, 0.2) is 30.3 Å². The molecule has 3 heteroatoms. The van der Waals surface area contributed by atoms with Gasteiger partial charge < -0.3 is 9.84 Å². The standard InChI is InChI=1S/C10H13BrO2/c11-10(6-12)8-13-7-9-4-2-1-3-5-9/h1-5,10,12H,6-8H2. The van der Waals surface area contributed by atoms with E-state index in [-0.39, 0.29) is 11.4 Å². The molecular formula is C10H13BrO2. The lowest BCUT2D eigenvalue weighted by molar-refractivity contribution is 0.110. The molecule has 0 spiro atoms. The van der Waals surface area contributed by atoms with Gasteiger partial charge >= 0.3 is 0 Å². The molecule has 0 radical (unpaired) electrons. The van der Waals surface area contributed by atoms with E-state index in [4.69, 9.17) is 9.84 Å². The molecule has 0 amide bonds. The van der Waals surface area contributed by atoms with Crippen molar-refractivity contribution in [2.24, 2.45) is 0 Å². The van der Waals surface area contributed by atoms with E-state index in [0.717, 1.165) is 5.56 Å². The minimum Gasteiger partial charge on any atom is -0.395 e. The number of halogens is 1. The Labute approximate surface area is 86.7 Å². The minimum absolute atomic E-state index is 0.0382. The first-order valence-electron chi connectivity index (χ1n) is 4.19. The van der Waals surface area contributed by atoms with E-state index < -0.39 is 0 Å². The fourth-order valence-corrected chi connectivity index (χ4v) is 1.12. The maximum atomic E-state index is 8.71. The molecule has 0 fully saturated rings. The van der Waals surface area contributed by atoms with Gasteiger partial charge in [0, 0.05) is 0 Å². The highest BCUT2D eigenvalue weighted by Crippen LogP contribution is 2.03. The summed E-state index contributed by atoms with van der Waals surface area (Å²) in [6.07, 6.45) is 0. The highest BCUT2D eigenvalue weighted by molar-refractivity contribution is 9.09. The van der Waals surface area contributed by atoms with Crippen LogP contribution in [-0.4, -0.2) is 23.1 Å². The molecule has 0 aromatic heterocycles. The topological polar surface area (TPSA) is 29.5 Å². The third kappa shape index (κ3) is 4.41. The van der Waals surface area contributed by atoms with Gasteiger partial charge in [-0.2, -0.15) is 0 Å². The van der Waals surface area contributed by atoms with Gasteiger partial charge in [-0.05, 0) is 5.56 Å². The Hall–Kier alpha value is -0.380. The number of alkyl halides is 1. The molecule has 1 unspecified atom stereocenters. The van der Waals surface area contributed by atoms with E-state index in [1.807, 2.05) is 30.3 Å². The van der Waals surface area contributed by atoms with Crippen molar-refractivity contribution >= 4 is 15.9 Å². The summed E-state index contributed by atoms with van der Waals surface area (Å²) in [5.41, 5.74) is 1.15. The summed E-state index contributed by atoms with van der Waals surface area (Å²) < 4.78 is 5.37. The molecular weight excluding hydrogens is 232 g/mol. The van der Waals surface area contributed by atoms with Crippen LogP contribution in [0.4, 0.5) is 0 Å². The molecule has 1 aromatic carbocycles. The quantitative estimate of drug-likeness (QED) is 0.803. The summed E-state index contributed by atoms with van der Waals surface area (Å²) in [6, 6.07) is 9.97. The van der Waals surface area contributed by atoms with Gasteiger partial charge in [0.05, 0.1) is 24.6 Å². The molecule has 0 heterocycles. The third-order valence-electron chi connectivity index (χ3n) is 1.61. The largest absolute Gasteiger partial charge is 0.395 e. The highest BCUT2D eigenvalue weighted by atomic mass is 79.9. The zero-order valence-corrected chi connectivity index (χ0v) is 8.90. The van der Waals surface area contributed by atoms with E-state index in [2.05, 4.69) is 15.9 Å². The lowest BCUT2D eigenvalue weighted by atomic mass is 10.2. The first-order chi connectivity index (χ1) is 6.33. The van der Waals surface area contributed by atoms with Gasteiger partial charge in [-0.25, -0.2) is 0 Å². The zero-order chi connectivity index (χ0) is 9.52. The van der Waals surface area contributed by atoms with Crippen LogP contribution in [0.3, 0.4) is 0 Å². The maximum Gasteiger partial charge on any atom is 0.0717 e. The average molecular weight is 245 g/mol. The summed E-state index contributed by atoms with van der Waals surface area (Å²) in [4.78, 5) is 0.0382. The molecule has 1 aromatic rings. The van der Waals surface area contributed by atoms with Crippen LogP contribution in [0.25, 0.3) is 0 Å². The van der Waals surface area contributed by atoms with Crippen LogP contribution >= 0.6 is 15.9 Å². The molecule has 0 saturated carbocycles. The molecule has 1 atom stereocenters. The lowest BCUT2D eigenvalue weighted by Gasteiger charge is -2.07. The average Bonchev–Trinajstić information content (AvgIpc) is 2.19. The van der Waals surface area contributed by atoms with Gasteiger partial charge in [-0.15, -0.1) is 0 Å². The molecule has 1 rings (SSSR count). The fraction of sp³-hybridized carbons (Fsp3) is 0.400. The summed E-state index contributed by atoms with van der Waals surface area (Å²) in [6.45, 7) is 1.24. The molecule has 0 aliphatic rings. The van der Waals surface area contributed by atoms with Gasteiger partial charge in [0.2, 0.25) is 0 Å². The van der Waals surface area contributed by atoms with E-state index >= 15 is 0 Å². The van der Waals surface area contributed by atoms with Gasteiger partial charge in [-0.1, -0.05) is 46.3 Å². The SMILES string of the molecule is OCC(Br)COCc1ccccc1. The van der Waals surface area contributed by atoms with Crippen LogP contribution in [0.2, 0.25) is 0 Å². The Balaban J connectivity index is 2.20. The van der Waals surface area contributed by atoms with Gasteiger partial charge in [0.25, 0.3) is 0 Å². The Kier molecular flexibility index (Phi) is 5.05. The third-order valence-corrected chi connectivity index (χ3v) is 2.16. The molecule has 2 nitrogen and oxygen atoms in total. The molecule has 72 valence electrons. The molecule has 0 aliphatic carbocycles. The second kappa shape index (κ2) is 6.13. The summed E-state index contributed by atoms with van der Waals surface area (Å²) in [7, 11) is 0. The number of aliphatic hydroxyl groups excluding tert-OH is 1. The molecule has 0 bridgehead atoms. The maximum absolute atomic E-state index is 8.71. The molecule has 0 saturated heterocycles. The normalized spacial score (nSPS) is 12.8. The van der Waals surface area contributed by atoms with E-state index in [1.54, 1.807) is 0 Å². The van der Waals surface area contributed by atoms with Crippen LogP contribution in [0, 0.1) is 0 Å². The van der Waals surface area contributed by atoms with Crippen molar-refractivity contribution < 1.29 is 9.84 Å². The highest BCUT2D eigenvalue weighted by Gasteiger charge is 2.01. The van der Waals surface area contributed by atoms with Crippen molar-refractivity contribution in [3.8, 4) is 0 Å². The first-order valence-corrected chi connectivity index (χ1v) is 5.11. The first kappa shape index (κ1) is 10.7. The number of benzene rings is 1. The van der Waals surface area contributed by atoms with Crippen LogP contribution in [0.1, 0.15) is 5.56 Å². The summed E-state index contributed by atoms with van der Waals surface area (Å²) >= 11 is 3.28. The Morgan fingerprint density at radius 1 is 1.31 bits per heavy atom. The molecule has 13 heavy (non-hydrogen) atoms. The van der Waals surface area contributed by atoms with Crippen LogP contribution in [0.5, 0.6) is 0 Å². The van der Waals surface area contributed by atoms with E-state index in [9.17, 15) is 0 Å². The molecule has 0 aliphatic heterocycles. The number of rotatable bonds is 5.